The molecule has 0 amide bonds. The Balaban J connectivity index is 2.62. The van der Waals surface area contributed by atoms with Crippen molar-refractivity contribution >= 4 is 0 Å². The van der Waals surface area contributed by atoms with E-state index in [1.54, 1.807) is 0 Å². The average molecular weight is 178 g/mol. The van der Waals surface area contributed by atoms with Gasteiger partial charge in [-0.2, -0.15) is 0 Å². The molecule has 0 bridgehead atoms. The molecule has 1 aromatic rings. The molecule has 0 saturated carbocycles. The molecule has 0 aromatic carbocycles. The Morgan fingerprint density at radius 1 is 1.38 bits per heavy atom. The van der Waals surface area contributed by atoms with Crippen LogP contribution in [0.15, 0.2) is 24.4 Å². The van der Waals surface area contributed by atoms with Crippen LogP contribution in [0.2, 0.25) is 0 Å². The van der Waals surface area contributed by atoms with Gasteiger partial charge in [0.25, 0.3) is 0 Å². The van der Waals surface area contributed by atoms with Gasteiger partial charge in [-0.3, -0.25) is 4.98 Å². The highest BCUT2D eigenvalue weighted by Gasteiger charge is 2.13. The Labute approximate surface area is 80.2 Å². The Morgan fingerprint density at radius 3 is 2.69 bits per heavy atom. The van der Waals surface area contributed by atoms with Gasteiger partial charge in [-0.1, -0.05) is 19.9 Å². The Kier molecular flexibility index (Phi) is 3.90. The molecule has 0 spiro atoms. The molecule has 0 aliphatic heterocycles. The molecule has 72 valence electrons. The van der Waals surface area contributed by atoms with Crippen molar-refractivity contribution in [1.82, 2.24) is 4.98 Å². The van der Waals surface area contributed by atoms with E-state index in [0.29, 0.717) is 11.8 Å². The maximum atomic E-state index is 5.52. The number of pyridine rings is 1. The van der Waals surface area contributed by atoms with E-state index >= 15 is 0 Å². The molecule has 13 heavy (non-hydrogen) atoms. The molecule has 0 fully saturated rings. The first-order valence-electron chi connectivity index (χ1n) is 4.86. The first-order chi connectivity index (χ1) is 6.25. The Bertz CT molecular complexity index is 233. The first kappa shape index (κ1) is 10.2. The number of nitrogens with zero attached hydrogens (tertiary/aromatic N) is 1. The molecule has 2 heteroatoms. The van der Waals surface area contributed by atoms with Gasteiger partial charge in [0.15, 0.2) is 0 Å². The largest absolute Gasteiger partial charge is 0.330 e. The molecule has 2 unspecified atom stereocenters. The van der Waals surface area contributed by atoms with Crippen LogP contribution in [0.5, 0.6) is 0 Å². The molecule has 2 atom stereocenters. The van der Waals surface area contributed by atoms with Gasteiger partial charge in [-0.25, -0.2) is 0 Å². The second kappa shape index (κ2) is 4.97. The Morgan fingerprint density at radius 2 is 2.15 bits per heavy atom. The second-order valence-corrected chi connectivity index (χ2v) is 3.60. The number of aromatic nitrogens is 1. The Hall–Kier alpha value is -0.890. The van der Waals surface area contributed by atoms with Gasteiger partial charge >= 0.3 is 0 Å². The second-order valence-electron chi connectivity index (χ2n) is 3.60. The van der Waals surface area contributed by atoms with Crippen molar-refractivity contribution in [3.63, 3.8) is 0 Å². The molecule has 0 saturated heterocycles. The van der Waals surface area contributed by atoms with Crippen molar-refractivity contribution in [3.05, 3.63) is 30.1 Å². The summed E-state index contributed by atoms with van der Waals surface area (Å²) in [5, 5.41) is 0. The minimum absolute atomic E-state index is 0.504. The molecular formula is C11H18N2. The predicted molar refractivity (Wildman–Crippen MR) is 55.5 cm³/mol. The van der Waals surface area contributed by atoms with Crippen LogP contribution in [-0.4, -0.2) is 11.5 Å². The number of hydrogen-bond donors (Lipinski definition) is 1. The van der Waals surface area contributed by atoms with Gasteiger partial charge in [0.2, 0.25) is 0 Å². The molecule has 2 N–H and O–H groups in total. The van der Waals surface area contributed by atoms with Crippen molar-refractivity contribution in [3.8, 4) is 0 Å². The van der Waals surface area contributed by atoms with Crippen molar-refractivity contribution in [2.45, 2.75) is 26.2 Å². The fourth-order valence-corrected chi connectivity index (χ4v) is 1.45. The van der Waals surface area contributed by atoms with Crippen LogP contribution in [0.3, 0.4) is 0 Å². The summed E-state index contributed by atoms with van der Waals surface area (Å²) in [7, 11) is 0. The summed E-state index contributed by atoms with van der Waals surface area (Å²) < 4.78 is 0. The summed E-state index contributed by atoms with van der Waals surface area (Å²) in [6.07, 6.45) is 2.92. The van der Waals surface area contributed by atoms with Crippen LogP contribution in [0.1, 0.15) is 31.9 Å². The van der Waals surface area contributed by atoms with Crippen LogP contribution in [0, 0.1) is 5.92 Å². The van der Waals surface area contributed by atoms with E-state index in [-0.39, 0.29) is 0 Å². The average Bonchev–Trinajstić information content (AvgIpc) is 2.18. The van der Waals surface area contributed by atoms with E-state index in [4.69, 9.17) is 5.73 Å². The van der Waals surface area contributed by atoms with Crippen molar-refractivity contribution in [1.29, 1.82) is 0 Å². The van der Waals surface area contributed by atoms with E-state index in [1.165, 1.54) is 5.69 Å². The lowest BCUT2D eigenvalue weighted by Crippen LogP contribution is -2.12. The maximum Gasteiger partial charge on any atom is 0.0434 e. The number of rotatable bonds is 4. The molecule has 0 radical (unpaired) electrons. The zero-order valence-electron chi connectivity index (χ0n) is 8.40. The van der Waals surface area contributed by atoms with Gasteiger partial charge in [-0.05, 0) is 31.0 Å². The summed E-state index contributed by atoms with van der Waals surface area (Å²) in [4.78, 5) is 4.34. The predicted octanol–water partition coefficient (Wildman–Crippen LogP) is 2.17. The topological polar surface area (TPSA) is 38.9 Å². The third-order valence-corrected chi connectivity index (χ3v) is 2.63. The number of nitrogens with two attached hydrogens (primary N) is 1. The number of hydrogen-bond acceptors (Lipinski definition) is 2. The van der Waals surface area contributed by atoms with Crippen LogP contribution in [-0.2, 0) is 0 Å². The lowest BCUT2D eigenvalue weighted by molar-refractivity contribution is 0.452. The van der Waals surface area contributed by atoms with Crippen LogP contribution < -0.4 is 5.73 Å². The highest BCUT2D eigenvalue weighted by Crippen LogP contribution is 2.23. The molecule has 0 aliphatic rings. The van der Waals surface area contributed by atoms with Crippen molar-refractivity contribution in [2.75, 3.05) is 6.54 Å². The van der Waals surface area contributed by atoms with Gasteiger partial charge in [0.1, 0.15) is 0 Å². The summed E-state index contributed by atoms with van der Waals surface area (Å²) in [6, 6.07) is 6.06. The summed E-state index contributed by atoms with van der Waals surface area (Å²) in [5.41, 5.74) is 6.69. The van der Waals surface area contributed by atoms with Gasteiger partial charge < -0.3 is 5.73 Å². The smallest absolute Gasteiger partial charge is 0.0434 e. The van der Waals surface area contributed by atoms with E-state index in [0.717, 1.165) is 13.0 Å². The van der Waals surface area contributed by atoms with Crippen LogP contribution >= 0.6 is 0 Å². The zero-order chi connectivity index (χ0) is 9.68. The van der Waals surface area contributed by atoms with Gasteiger partial charge in [-0.15, -0.1) is 0 Å². The zero-order valence-corrected chi connectivity index (χ0v) is 8.40. The summed E-state index contributed by atoms with van der Waals surface area (Å²) in [5.74, 6) is 1.12. The van der Waals surface area contributed by atoms with E-state index in [9.17, 15) is 0 Å². The molecule has 1 rings (SSSR count). The lowest BCUT2D eigenvalue weighted by atomic mass is 9.90. The highest BCUT2D eigenvalue weighted by atomic mass is 14.7. The van der Waals surface area contributed by atoms with E-state index in [2.05, 4.69) is 24.9 Å². The lowest BCUT2D eigenvalue weighted by Gasteiger charge is -2.18. The minimum atomic E-state index is 0.504. The molecule has 1 heterocycles. The van der Waals surface area contributed by atoms with Crippen LogP contribution in [0.4, 0.5) is 0 Å². The fourth-order valence-electron chi connectivity index (χ4n) is 1.45. The third kappa shape index (κ3) is 2.81. The normalized spacial score (nSPS) is 15.3. The third-order valence-electron chi connectivity index (χ3n) is 2.63. The minimum Gasteiger partial charge on any atom is -0.330 e. The first-order valence-corrected chi connectivity index (χ1v) is 4.86. The standard InChI is InChI=1S/C11H18N2/c1-9(6-7-12)10(2)11-5-3-4-8-13-11/h3-5,8-10H,6-7,12H2,1-2H3. The highest BCUT2D eigenvalue weighted by molar-refractivity contribution is 5.09. The molecular weight excluding hydrogens is 160 g/mol. The van der Waals surface area contributed by atoms with Crippen molar-refractivity contribution < 1.29 is 0 Å². The monoisotopic (exact) mass is 178 g/mol. The SMILES string of the molecule is CC(CCN)C(C)c1ccccn1. The molecule has 1 aromatic heterocycles. The molecule has 0 aliphatic carbocycles. The summed E-state index contributed by atoms with van der Waals surface area (Å²) >= 11 is 0. The van der Waals surface area contributed by atoms with Crippen molar-refractivity contribution in [2.24, 2.45) is 11.7 Å². The quantitative estimate of drug-likeness (QED) is 0.767. The fraction of sp³-hybridized carbons (Fsp3) is 0.545. The van der Waals surface area contributed by atoms with E-state index in [1.807, 2.05) is 18.3 Å². The van der Waals surface area contributed by atoms with Gasteiger partial charge in [0.05, 0.1) is 0 Å². The summed E-state index contributed by atoms with van der Waals surface area (Å²) in [6.45, 7) is 5.20. The van der Waals surface area contributed by atoms with Crippen LogP contribution in [0.25, 0.3) is 0 Å². The maximum absolute atomic E-state index is 5.52. The van der Waals surface area contributed by atoms with E-state index < -0.39 is 0 Å². The van der Waals surface area contributed by atoms with Gasteiger partial charge in [0, 0.05) is 17.8 Å². The molecule has 2 nitrogen and oxygen atoms in total.